The molecule has 0 saturated heterocycles. The van der Waals surface area contributed by atoms with Crippen LogP contribution in [-0.4, -0.2) is 25.0 Å². The molecule has 0 aromatic heterocycles. The first-order valence-corrected chi connectivity index (χ1v) is 7.19. The van der Waals surface area contributed by atoms with Gasteiger partial charge in [-0.25, -0.2) is 0 Å². The van der Waals surface area contributed by atoms with Crippen LogP contribution < -0.4 is 5.32 Å². The molecule has 0 spiro atoms. The summed E-state index contributed by atoms with van der Waals surface area (Å²) in [5, 5.41) is 3.46. The minimum atomic E-state index is 0.964. The van der Waals surface area contributed by atoms with E-state index >= 15 is 0 Å². The smallest absolute Gasteiger partial charge is 0.0340 e. The maximum Gasteiger partial charge on any atom is 0.0340 e. The van der Waals surface area contributed by atoms with E-state index in [0.29, 0.717) is 0 Å². The molecule has 0 unspecified atom stereocenters. The zero-order chi connectivity index (χ0) is 14.4. The molecular formula is C18H24N2. The lowest BCUT2D eigenvalue weighted by atomic mass is 10.1. The van der Waals surface area contributed by atoms with Gasteiger partial charge < -0.3 is 10.2 Å². The molecule has 0 bridgehead atoms. The number of rotatable bonds is 6. The van der Waals surface area contributed by atoms with Gasteiger partial charge in [-0.3, -0.25) is 0 Å². The fraction of sp³-hybridized carbons (Fsp3) is 0.333. The molecule has 0 heterocycles. The number of hydrogen-bond donors (Lipinski definition) is 1. The van der Waals surface area contributed by atoms with Gasteiger partial charge in [-0.2, -0.15) is 0 Å². The van der Waals surface area contributed by atoms with E-state index in [0.717, 1.165) is 19.6 Å². The van der Waals surface area contributed by atoms with Crippen LogP contribution in [0.5, 0.6) is 0 Å². The molecule has 0 radical (unpaired) electrons. The highest BCUT2D eigenvalue weighted by atomic mass is 15.1. The van der Waals surface area contributed by atoms with Gasteiger partial charge >= 0.3 is 0 Å². The first-order chi connectivity index (χ1) is 9.65. The second-order valence-corrected chi connectivity index (χ2v) is 5.46. The number of likely N-dealkylation sites (N-methyl/N-ethyl adjacent to an activating group) is 1. The Balaban J connectivity index is 1.76. The highest BCUT2D eigenvalue weighted by Gasteiger charge is 2.02. The monoisotopic (exact) mass is 268 g/mol. The maximum absolute atomic E-state index is 3.46. The second kappa shape index (κ2) is 7.11. The number of aryl methyl sites for hydroxylation is 2. The average Bonchev–Trinajstić information content (AvgIpc) is 2.44. The van der Waals surface area contributed by atoms with Gasteiger partial charge in [-0.1, -0.05) is 42.0 Å². The summed E-state index contributed by atoms with van der Waals surface area (Å²) in [7, 11) is 2.17. The van der Waals surface area contributed by atoms with Gasteiger partial charge in [0.15, 0.2) is 0 Å². The van der Waals surface area contributed by atoms with Crippen molar-refractivity contribution in [2.45, 2.75) is 20.4 Å². The molecule has 20 heavy (non-hydrogen) atoms. The summed E-state index contributed by atoms with van der Waals surface area (Å²) in [5.41, 5.74) is 5.27. The van der Waals surface area contributed by atoms with Gasteiger partial charge in [0.1, 0.15) is 0 Å². The standard InChI is InChI=1S/C18H24N2/c1-15-8-10-18(11-9-15)19-12-13-20(3)14-17-7-5-4-6-16(17)2/h4-11,19H,12-14H2,1-3H3. The van der Waals surface area contributed by atoms with E-state index in [4.69, 9.17) is 0 Å². The van der Waals surface area contributed by atoms with E-state index < -0.39 is 0 Å². The Morgan fingerprint density at radius 1 is 0.950 bits per heavy atom. The van der Waals surface area contributed by atoms with Crippen molar-refractivity contribution in [3.8, 4) is 0 Å². The van der Waals surface area contributed by atoms with Crippen molar-refractivity contribution < 1.29 is 0 Å². The van der Waals surface area contributed by atoms with Crippen molar-refractivity contribution in [2.24, 2.45) is 0 Å². The fourth-order valence-electron chi connectivity index (χ4n) is 2.22. The van der Waals surface area contributed by atoms with Crippen LogP contribution in [0, 0.1) is 13.8 Å². The molecule has 2 rings (SSSR count). The summed E-state index contributed by atoms with van der Waals surface area (Å²) < 4.78 is 0. The van der Waals surface area contributed by atoms with Crippen LogP contribution in [0.4, 0.5) is 5.69 Å². The zero-order valence-corrected chi connectivity index (χ0v) is 12.7. The summed E-state index contributed by atoms with van der Waals surface area (Å²) in [4.78, 5) is 2.35. The van der Waals surface area contributed by atoms with Crippen LogP contribution in [0.25, 0.3) is 0 Å². The van der Waals surface area contributed by atoms with Crippen molar-refractivity contribution in [3.05, 3.63) is 65.2 Å². The number of nitrogens with zero attached hydrogens (tertiary/aromatic N) is 1. The molecule has 2 aromatic carbocycles. The summed E-state index contributed by atoms with van der Waals surface area (Å²) in [5.74, 6) is 0. The topological polar surface area (TPSA) is 15.3 Å². The van der Waals surface area contributed by atoms with Crippen LogP contribution in [0.2, 0.25) is 0 Å². The van der Waals surface area contributed by atoms with Gasteiger partial charge in [-0.05, 0) is 44.2 Å². The molecule has 0 saturated carbocycles. The Morgan fingerprint density at radius 3 is 2.35 bits per heavy atom. The molecule has 0 fully saturated rings. The minimum Gasteiger partial charge on any atom is -0.384 e. The summed E-state index contributed by atoms with van der Waals surface area (Å²) in [6.07, 6.45) is 0. The first-order valence-electron chi connectivity index (χ1n) is 7.19. The Morgan fingerprint density at radius 2 is 1.65 bits per heavy atom. The van der Waals surface area contributed by atoms with Crippen LogP contribution >= 0.6 is 0 Å². The number of nitrogens with one attached hydrogen (secondary N) is 1. The predicted molar refractivity (Wildman–Crippen MR) is 87.2 cm³/mol. The van der Waals surface area contributed by atoms with E-state index in [-0.39, 0.29) is 0 Å². The molecule has 1 N–H and O–H groups in total. The van der Waals surface area contributed by atoms with E-state index in [9.17, 15) is 0 Å². The van der Waals surface area contributed by atoms with Gasteiger partial charge in [0.2, 0.25) is 0 Å². The number of anilines is 1. The van der Waals surface area contributed by atoms with E-state index in [1.54, 1.807) is 0 Å². The van der Waals surface area contributed by atoms with E-state index in [1.165, 1.54) is 22.4 Å². The van der Waals surface area contributed by atoms with Gasteiger partial charge in [0.05, 0.1) is 0 Å². The third kappa shape index (κ3) is 4.39. The molecule has 0 amide bonds. The van der Waals surface area contributed by atoms with Crippen molar-refractivity contribution in [3.63, 3.8) is 0 Å². The van der Waals surface area contributed by atoms with E-state index in [2.05, 4.69) is 79.6 Å². The number of hydrogen-bond acceptors (Lipinski definition) is 2. The molecule has 2 heteroatoms. The normalized spacial score (nSPS) is 10.8. The third-order valence-electron chi connectivity index (χ3n) is 3.58. The maximum atomic E-state index is 3.46. The Kier molecular flexibility index (Phi) is 5.19. The van der Waals surface area contributed by atoms with Crippen LogP contribution in [-0.2, 0) is 6.54 Å². The molecule has 0 aliphatic rings. The highest BCUT2D eigenvalue weighted by molar-refractivity contribution is 5.44. The third-order valence-corrected chi connectivity index (χ3v) is 3.58. The quantitative estimate of drug-likeness (QED) is 0.856. The zero-order valence-electron chi connectivity index (χ0n) is 12.7. The van der Waals surface area contributed by atoms with Crippen molar-refractivity contribution >= 4 is 5.69 Å². The molecular weight excluding hydrogens is 244 g/mol. The van der Waals surface area contributed by atoms with Crippen LogP contribution in [0.3, 0.4) is 0 Å². The van der Waals surface area contributed by atoms with Crippen molar-refractivity contribution in [1.29, 1.82) is 0 Å². The molecule has 106 valence electrons. The Labute approximate surface area is 122 Å². The van der Waals surface area contributed by atoms with Gasteiger partial charge in [-0.15, -0.1) is 0 Å². The summed E-state index contributed by atoms with van der Waals surface area (Å²) >= 11 is 0. The highest BCUT2D eigenvalue weighted by Crippen LogP contribution is 2.10. The number of benzene rings is 2. The lowest BCUT2D eigenvalue weighted by Gasteiger charge is -2.18. The van der Waals surface area contributed by atoms with Crippen LogP contribution in [0.1, 0.15) is 16.7 Å². The Bertz CT molecular complexity index is 531. The molecule has 0 atom stereocenters. The lowest BCUT2D eigenvalue weighted by Crippen LogP contribution is -2.25. The lowest BCUT2D eigenvalue weighted by molar-refractivity contribution is 0.339. The Hall–Kier alpha value is -1.80. The van der Waals surface area contributed by atoms with Crippen LogP contribution in [0.15, 0.2) is 48.5 Å². The molecule has 2 nitrogen and oxygen atoms in total. The van der Waals surface area contributed by atoms with Crippen molar-refractivity contribution in [1.82, 2.24) is 4.90 Å². The SMILES string of the molecule is Cc1ccc(NCCN(C)Cc2ccccc2C)cc1. The second-order valence-electron chi connectivity index (χ2n) is 5.46. The van der Waals surface area contributed by atoms with Gasteiger partial charge in [0.25, 0.3) is 0 Å². The van der Waals surface area contributed by atoms with E-state index in [1.807, 2.05) is 0 Å². The summed E-state index contributed by atoms with van der Waals surface area (Å²) in [6.45, 7) is 7.28. The minimum absolute atomic E-state index is 0.964. The predicted octanol–water partition coefficient (Wildman–Crippen LogP) is 3.85. The summed E-state index contributed by atoms with van der Waals surface area (Å²) in [6, 6.07) is 17.1. The van der Waals surface area contributed by atoms with Gasteiger partial charge in [0, 0.05) is 25.3 Å². The molecule has 2 aromatic rings. The molecule has 0 aliphatic carbocycles. The largest absolute Gasteiger partial charge is 0.384 e. The molecule has 0 aliphatic heterocycles. The van der Waals surface area contributed by atoms with Crippen molar-refractivity contribution in [2.75, 3.05) is 25.5 Å². The average molecular weight is 268 g/mol. The fourth-order valence-corrected chi connectivity index (χ4v) is 2.22. The first kappa shape index (κ1) is 14.6.